The summed E-state index contributed by atoms with van der Waals surface area (Å²) < 4.78 is 47.5. The summed E-state index contributed by atoms with van der Waals surface area (Å²) in [4.78, 5) is 16.9. The first-order chi connectivity index (χ1) is 14.3. The number of carbonyl (C=O) groups is 1. The number of esters is 1. The highest BCUT2D eigenvalue weighted by Gasteiger charge is 2.41. The lowest BCUT2D eigenvalue weighted by molar-refractivity contribution is -0.139. The van der Waals surface area contributed by atoms with Gasteiger partial charge in [-0.3, -0.25) is 0 Å². The maximum Gasteiger partial charge on any atom is 0.416 e. The Morgan fingerprint density at radius 2 is 1.87 bits per heavy atom. The molecule has 0 fully saturated rings. The molecule has 0 aliphatic carbocycles. The number of nitrogens with zero attached hydrogens (tertiary/aromatic N) is 3. The molecule has 1 N–H and O–H groups in total. The van der Waals surface area contributed by atoms with Crippen molar-refractivity contribution in [3.63, 3.8) is 0 Å². The lowest BCUT2D eigenvalue weighted by Gasteiger charge is -2.30. The first-order valence-electron chi connectivity index (χ1n) is 8.72. The second-order valence-corrected chi connectivity index (χ2v) is 6.86. The molecule has 0 saturated heterocycles. The molecule has 1 atom stereocenters. The lowest BCUT2D eigenvalue weighted by Crippen LogP contribution is -2.31. The van der Waals surface area contributed by atoms with Gasteiger partial charge < -0.3 is 10.1 Å². The Labute approximate surface area is 173 Å². The van der Waals surface area contributed by atoms with E-state index in [1.807, 2.05) is 0 Å². The number of aromatic nitrogens is 3. The van der Waals surface area contributed by atoms with Crippen LogP contribution in [0.5, 0.6) is 0 Å². The zero-order chi connectivity index (χ0) is 21.5. The monoisotopic (exact) mass is 434 g/mol. The van der Waals surface area contributed by atoms with Gasteiger partial charge in [0.1, 0.15) is 12.4 Å². The smallest absolute Gasteiger partial charge is 0.416 e. The molecule has 6 nitrogen and oxygen atoms in total. The Morgan fingerprint density at radius 3 is 2.53 bits per heavy atom. The number of benzene rings is 2. The molecular weight excluding hydrogens is 421 g/mol. The zero-order valence-corrected chi connectivity index (χ0v) is 16.2. The molecule has 3 aromatic rings. The Balaban J connectivity index is 2.02. The molecule has 30 heavy (non-hydrogen) atoms. The van der Waals surface area contributed by atoms with Crippen LogP contribution in [0.25, 0.3) is 5.70 Å². The standard InChI is InChI=1S/C20H14ClF3N4O2/c1-30-18(29)15-16(11-6-8-12(21)9-7-11)27-19-25-10-26-28(19)17(15)13-4-2-3-5-14(13)20(22,23)24/h2-10,17H,1H3,(H,25,26,27)/t17-/m1/s1. The molecule has 2 aromatic carbocycles. The Kier molecular flexibility index (Phi) is 4.98. The van der Waals surface area contributed by atoms with Gasteiger partial charge in [0.05, 0.1) is 23.9 Å². The fourth-order valence-corrected chi connectivity index (χ4v) is 3.54. The molecule has 1 aliphatic heterocycles. The fourth-order valence-electron chi connectivity index (χ4n) is 3.42. The minimum Gasteiger partial charge on any atom is -0.466 e. The van der Waals surface area contributed by atoms with Gasteiger partial charge in [-0.15, -0.1) is 0 Å². The van der Waals surface area contributed by atoms with Crippen LogP contribution in [0.2, 0.25) is 5.02 Å². The maximum atomic E-state index is 13.8. The van der Waals surface area contributed by atoms with E-state index >= 15 is 0 Å². The fraction of sp³-hybridized carbons (Fsp3) is 0.150. The second kappa shape index (κ2) is 7.49. The van der Waals surface area contributed by atoms with Gasteiger partial charge in [0.25, 0.3) is 0 Å². The highest BCUT2D eigenvalue weighted by atomic mass is 35.5. The number of halogens is 4. The molecule has 154 valence electrons. The minimum atomic E-state index is -4.64. The molecule has 0 saturated carbocycles. The molecule has 0 unspecified atom stereocenters. The van der Waals surface area contributed by atoms with Crippen molar-refractivity contribution < 1.29 is 22.7 Å². The van der Waals surface area contributed by atoms with E-state index in [1.54, 1.807) is 24.3 Å². The largest absolute Gasteiger partial charge is 0.466 e. The Morgan fingerprint density at radius 1 is 1.17 bits per heavy atom. The Bertz CT molecular complexity index is 1140. The van der Waals surface area contributed by atoms with Crippen LogP contribution in [0, 0.1) is 0 Å². The number of alkyl halides is 3. The van der Waals surface area contributed by atoms with Crippen molar-refractivity contribution in [1.82, 2.24) is 14.8 Å². The number of methoxy groups -OCH3 is 1. The van der Waals surface area contributed by atoms with Crippen LogP contribution in [0.4, 0.5) is 19.1 Å². The lowest BCUT2D eigenvalue weighted by atomic mass is 9.90. The van der Waals surface area contributed by atoms with E-state index in [1.165, 1.54) is 36.3 Å². The van der Waals surface area contributed by atoms with E-state index in [0.717, 1.165) is 6.07 Å². The quantitative estimate of drug-likeness (QED) is 0.612. The summed E-state index contributed by atoms with van der Waals surface area (Å²) in [5, 5.41) is 7.51. The number of fused-ring (bicyclic) bond motifs is 1. The van der Waals surface area contributed by atoms with Crippen LogP contribution in [-0.4, -0.2) is 27.8 Å². The molecule has 1 aromatic heterocycles. The van der Waals surface area contributed by atoms with E-state index in [2.05, 4.69) is 15.4 Å². The van der Waals surface area contributed by atoms with Crippen molar-refractivity contribution in [2.75, 3.05) is 12.4 Å². The number of hydrogen-bond acceptors (Lipinski definition) is 5. The summed E-state index contributed by atoms with van der Waals surface area (Å²) in [6.07, 6.45) is -3.44. The minimum absolute atomic E-state index is 0.0328. The van der Waals surface area contributed by atoms with E-state index < -0.39 is 23.8 Å². The number of nitrogens with one attached hydrogen (secondary N) is 1. The first kappa shape index (κ1) is 20.0. The summed E-state index contributed by atoms with van der Waals surface area (Å²) in [5.74, 6) is -0.606. The summed E-state index contributed by atoms with van der Waals surface area (Å²) in [6, 6.07) is 10.3. The van der Waals surface area contributed by atoms with Crippen molar-refractivity contribution >= 4 is 29.2 Å². The van der Waals surface area contributed by atoms with Crippen molar-refractivity contribution in [3.8, 4) is 0 Å². The maximum absolute atomic E-state index is 13.8. The van der Waals surface area contributed by atoms with E-state index in [-0.39, 0.29) is 22.8 Å². The predicted octanol–water partition coefficient (Wildman–Crippen LogP) is 4.55. The first-order valence-corrected chi connectivity index (χ1v) is 9.10. The molecule has 10 heteroatoms. The third kappa shape index (κ3) is 3.41. The van der Waals surface area contributed by atoms with Gasteiger partial charge in [0.2, 0.25) is 5.95 Å². The number of anilines is 1. The zero-order valence-electron chi connectivity index (χ0n) is 15.4. The third-order valence-corrected chi connectivity index (χ3v) is 4.95. The molecular formula is C20H14ClF3N4O2. The van der Waals surface area contributed by atoms with Gasteiger partial charge in [-0.2, -0.15) is 23.3 Å². The number of ether oxygens (including phenoxy) is 1. The van der Waals surface area contributed by atoms with Crippen molar-refractivity contribution in [2.45, 2.75) is 12.2 Å². The van der Waals surface area contributed by atoms with Crippen molar-refractivity contribution in [1.29, 1.82) is 0 Å². The van der Waals surface area contributed by atoms with Gasteiger partial charge in [-0.25, -0.2) is 9.48 Å². The molecule has 0 amide bonds. The predicted molar refractivity (Wildman–Crippen MR) is 104 cm³/mol. The highest BCUT2D eigenvalue weighted by molar-refractivity contribution is 6.30. The normalized spacial score (nSPS) is 16.1. The molecule has 0 spiro atoms. The van der Waals surface area contributed by atoms with Gasteiger partial charge in [0, 0.05) is 5.02 Å². The average Bonchev–Trinajstić information content (AvgIpc) is 3.20. The Hall–Kier alpha value is -3.33. The summed E-state index contributed by atoms with van der Waals surface area (Å²) >= 11 is 5.96. The topological polar surface area (TPSA) is 69.0 Å². The van der Waals surface area contributed by atoms with Crippen molar-refractivity contribution in [3.05, 3.63) is 82.1 Å². The molecule has 2 heterocycles. The van der Waals surface area contributed by atoms with Crippen LogP contribution in [0.3, 0.4) is 0 Å². The van der Waals surface area contributed by atoms with Gasteiger partial charge in [0.15, 0.2) is 0 Å². The van der Waals surface area contributed by atoms with Gasteiger partial charge in [-0.1, -0.05) is 41.9 Å². The van der Waals surface area contributed by atoms with Crippen LogP contribution in [0.1, 0.15) is 22.7 Å². The van der Waals surface area contributed by atoms with E-state index in [4.69, 9.17) is 16.3 Å². The molecule has 0 radical (unpaired) electrons. The highest BCUT2D eigenvalue weighted by Crippen LogP contribution is 2.43. The van der Waals surface area contributed by atoms with Gasteiger partial charge in [-0.05, 0) is 29.3 Å². The van der Waals surface area contributed by atoms with E-state index in [9.17, 15) is 18.0 Å². The average molecular weight is 435 g/mol. The van der Waals surface area contributed by atoms with Crippen LogP contribution >= 0.6 is 11.6 Å². The van der Waals surface area contributed by atoms with Crippen molar-refractivity contribution in [2.24, 2.45) is 0 Å². The SMILES string of the molecule is COC(=O)C1=C(c2ccc(Cl)cc2)Nc2ncnn2[C@@H]1c1ccccc1C(F)(F)F. The van der Waals surface area contributed by atoms with Crippen LogP contribution < -0.4 is 5.32 Å². The molecule has 1 aliphatic rings. The molecule has 4 rings (SSSR count). The number of hydrogen-bond donors (Lipinski definition) is 1. The van der Waals surface area contributed by atoms with Crippen LogP contribution in [-0.2, 0) is 15.7 Å². The summed E-state index contributed by atoms with van der Waals surface area (Å²) in [5.41, 5.74) is -0.264. The van der Waals surface area contributed by atoms with E-state index in [0.29, 0.717) is 10.6 Å². The third-order valence-electron chi connectivity index (χ3n) is 4.70. The number of rotatable bonds is 3. The second-order valence-electron chi connectivity index (χ2n) is 6.43. The van der Waals surface area contributed by atoms with Gasteiger partial charge >= 0.3 is 12.1 Å². The summed E-state index contributed by atoms with van der Waals surface area (Å²) in [7, 11) is 1.17. The summed E-state index contributed by atoms with van der Waals surface area (Å²) in [6.45, 7) is 0. The van der Waals surface area contributed by atoms with Crippen LogP contribution in [0.15, 0.2) is 60.4 Å². The molecule has 0 bridgehead atoms. The number of carbonyl (C=O) groups excluding carboxylic acids is 1.